The van der Waals surface area contributed by atoms with Crippen LogP contribution in [0.15, 0.2) is 12.5 Å². The maximum atomic E-state index is 11.7. The molecule has 1 saturated carbocycles. The minimum Gasteiger partial charge on any atom is -0.444 e. The Bertz CT molecular complexity index is 468. The molecule has 0 bridgehead atoms. The highest BCUT2D eigenvalue weighted by molar-refractivity contribution is 5.67. The third-order valence-electron chi connectivity index (χ3n) is 4.01. The molecule has 0 aromatic carbocycles. The number of aromatic nitrogens is 2. The zero-order valence-electron chi connectivity index (χ0n) is 14.1. The van der Waals surface area contributed by atoms with Crippen molar-refractivity contribution in [3.63, 3.8) is 0 Å². The molecule has 0 saturated heterocycles. The molecule has 0 atom stereocenters. The first-order valence-corrected chi connectivity index (χ1v) is 8.43. The zero-order valence-corrected chi connectivity index (χ0v) is 14.1. The summed E-state index contributed by atoms with van der Waals surface area (Å²) in [6, 6.07) is 0.571. The second-order valence-electron chi connectivity index (χ2n) is 7.12. The van der Waals surface area contributed by atoms with Crippen molar-refractivity contribution in [1.29, 1.82) is 0 Å². The van der Waals surface area contributed by atoms with Crippen molar-refractivity contribution in [3.05, 3.63) is 18.2 Å². The SMILES string of the molecule is CC(C)(C)OC(=O)NCCc1cncn1C1CCCCCC1. The molecule has 0 aliphatic heterocycles. The van der Waals surface area contributed by atoms with Crippen molar-refractivity contribution in [2.24, 2.45) is 0 Å². The zero-order chi connectivity index (χ0) is 16.0. The lowest BCUT2D eigenvalue weighted by atomic mass is 10.1. The van der Waals surface area contributed by atoms with Crippen molar-refractivity contribution in [2.75, 3.05) is 6.54 Å². The second kappa shape index (κ2) is 7.65. The topological polar surface area (TPSA) is 56.1 Å². The molecule has 1 heterocycles. The lowest BCUT2D eigenvalue weighted by Crippen LogP contribution is -2.33. The smallest absolute Gasteiger partial charge is 0.407 e. The van der Waals surface area contributed by atoms with E-state index in [9.17, 15) is 4.79 Å². The Kier molecular flexibility index (Phi) is 5.86. The highest BCUT2D eigenvalue weighted by Crippen LogP contribution is 2.28. The van der Waals surface area contributed by atoms with Crippen LogP contribution in [0.3, 0.4) is 0 Å². The van der Waals surface area contributed by atoms with Crippen molar-refractivity contribution in [1.82, 2.24) is 14.9 Å². The lowest BCUT2D eigenvalue weighted by molar-refractivity contribution is 0.0528. The summed E-state index contributed by atoms with van der Waals surface area (Å²) in [5, 5.41) is 2.82. The number of nitrogens with zero attached hydrogens (tertiary/aromatic N) is 2. The number of hydrogen-bond acceptors (Lipinski definition) is 3. The van der Waals surface area contributed by atoms with Gasteiger partial charge < -0.3 is 14.6 Å². The van der Waals surface area contributed by atoms with Gasteiger partial charge in [0.1, 0.15) is 5.60 Å². The van der Waals surface area contributed by atoms with Crippen LogP contribution in [0.4, 0.5) is 4.79 Å². The second-order valence-corrected chi connectivity index (χ2v) is 7.12. The maximum absolute atomic E-state index is 11.7. The van der Waals surface area contributed by atoms with Crippen LogP contribution < -0.4 is 5.32 Å². The van der Waals surface area contributed by atoms with Crippen LogP contribution >= 0.6 is 0 Å². The van der Waals surface area contributed by atoms with Gasteiger partial charge in [-0.15, -0.1) is 0 Å². The van der Waals surface area contributed by atoms with E-state index in [0.717, 1.165) is 6.42 Å². The normalized spacial score (nSPS) is 17.0. The van der Waals surface area contributed by atoms with E-state index in [1.54, 1.807) is 0 Å². The van der Waals surface area contributed by atoms with E-state index in [1.165, 1.54) is 44.2 Å². The molecule has 0 spiro atoms. The van der Waals surface area contributed by atoms with Gasteiger partial charge in [-0.1, -0.05) is 25.7 Å². The Balaban J connectivity index is 1.83. The van der Waals surface area contributed by atoms with Gasteiger partial charge in [0.15, 0.2) is 0 Å². The molecular weight excluding hydrogens is 278 g/mol. The predicted octanol–water partition coefficient (Wildman–Crippen LogP) is 3.85. The number of alkyl carbamates (subject to hydrolysis) is 1. The predicted molar refractivity (Wildman–Crippen MR) is 86.9 cm³/mol. The Hall–Kier alpha value is -1.52. The van der Waals surface area contributed by atoms with Crippen molar-refractivity contribution < 1.29 is 9.53 Å². The summed E-state index contributed by atoms with van der Waals surface area (Å²) in [6.07, 6.45) is 12.1. The average molecular weight is 307 g/mol. The minimum absolute atomic E-state index is 0.354. The number of imidazole rings is 1. The van der Waals surface area contributed by atoms with Crippen molar-refractivity contribution in [3.8, 4) is 0 Å². The highest BCUT2D eigenvalue weighted by Gasteiger charge is 2.18. The number of carbonyl (C=O) groups is 1. The van der Waals surface area contributed by atoms with E-state index in [0.29, 0.717) is 12.6 Å². The molecule has 1 aromatic heterocycles. The maximum Gasteiger partial charge on any atom is 0.407 e. The van der Waals surface area contributed by atoms with Crippen LogP contribution in [0.2, 0.25) is 0 Å². The van der Waals surface area contributed by atoms with Gasteiger partial charge in [0, 0.05) is 30.9 Å². The monoisotopic (exact) mass is 307 g/mol. The molecule has 1 amide bonds. The molecule has 2 rings (SSSR count). The summed E-state index contributed by atoms with van der Waals surface area (Å²) < 4.78 is 7.56. The number of carbonyl (C=O) groups excluding carboxylic acids is 1. The standard InChI is InChI=1S/C17H29N3O2/c1-17(2,3)22-16(21)19-11-10-15-12-18-13-20(15)14-8-6-4-5-7-9-14/h12-14H,4-11H2,1-3H3,(H,19,21). The number of nitrogens with one attached hydrogen (secondary N) is 1. The van der Waals surface area contributed by atoms with Crippen LogP contribution in [0, 0.1) is 0 Å². The van der Waals surface area contributed by atoms with Gasteiger partial charge >= 0.3 is 6.09 Å². The quantitative estimate of drug-likeness (QED) is 0.860. The average Bonchev–Trinajstić information content (AvgIpc) is 2.70. The Labute approximate surface area is 133 Å². The molecule has 124 valence electrons. The van der Waals surface area contributed by atoms with Gasteiger partial charge in [0.2, 0.25) is 0 Å². The number of hydrogen-bond donors (Lipinski definition) is 1. The van der Waals surface area contributed by atoms with Gasteiger partial charge in [0.25, 0.3) is 0 Å². The number of amides is 1. The van der Waals surface area contributed by atoms with Gasteiger partial charge in [-0.3, -0.25) is 0 Å². The summed E-state index contributed by atoms with van der Waals surface area (Å²) in [5.74, 6) is 0. The summed E-state index contributed by atoms with van der Waals surface area (Å²) >= 11 is 0. The fraction of sp³-hybridized carbons (Fsp3) is 0.765. The van der Waals surface area contributed by atoms with Crippen LogP contribution in [0.25, 0.3) is 0 Å². The molecule has 0 radical (unpaired) electrons. The summed E-state index contributed by atoms with van der Waals surface area (Å²) in [5.41, 5.74) is 0.745. The molecule has 1 N–H and O–H groups in total. The molecule has 0 unspecified atom stereocenters. The first kappa shape index (κ1) is 16.8. The fourth-order valence-corrected chi connectivity index (χ4v) is 3.00. The Morgan fingerprint density at radius 3 is 2.64 bits per heavy atom. The molecule has 22 heavy (non-hydrogen) atoms. The lowest BCUT2D eigenvalue weighted by Gasteiger charge is -2.21. The van der Waals surface area contributed by atoms with E-state index in [4.69, 9.17) is 4.74 Å². The number of ether oxygens (including phenoxy) is 1. The van der Waals surface area contributed by atoms with Crippen LogP contribution in [-0.4, -0.2) is 27.8 Å². The van der Waals surface area contributed by atoms with Gasteiger partial charge in [-0.05, 0) is 33.6 Å². The minimum atomic E-state index is -0.452. The largest absolute Gasteiger partial charge is 0.444 e. The van der Waals surface area contributed by atoms with E-state index in [1.807, 2.05) is 33.3 Å². The highest BCUT2D eigenvalue weighted by atomic mass is 16.6. The van der Waals surface area contributed by atoms with Gasteiger partial charge in [0.05, 0.1) is 6.33 Å². The van der Waals surface area contributed by atoms with Crippen molar-refractivity contribution in [2.45, 2.75) is 77.4 Å². The molecule has 1 fully saturated rings. The van der Waals surface area contributed by atoms with E-state index in [2.05, 4.69) is 14.9 Å². The van der Waals surface area contributed by atoms with E-state index < -0.39 is 5.60 Å². The molecule has 1 aliphatic rings. The summed E-state index contributed by atoms with van der Waals surface area (Å²) in [4.78, 5) is 16.0. The van der Waals surface area contributed by atoms with Crippen LogP contribution in [0.1, 0.15) is 71.0 Å². The van der Waals surface area contributed by atoms with Crippen LogP contribution in [0.5, 0.6) is 0 Å². The fourth-order valence-electron chi connectivity index (χ4n) is 3.00. The summed E-state index contributed by atoms with van der Waals surface area (Å²) in [6.45, 7) is 6.18. The molecular formula is C17H29N3O2. The molecule has 1 aromatic rings. The molecule has 1 aliphatic carbocycles. The van der Waals surface area contributed by atoms with E-state index >= 15 is 0 Å². The number of rotatable bonds is 4. The Morgan fingerprint density at radius 1 is 1.32 bits per heavy atom. The summed E-state index contributed by atoms with van der Waals surface area (Å²) in [7, 11) is 0. The first-order chi connectivity index (χ1) is 10.5. The van der Waals surface area contributed by atoms with Gasteiger partial charge in [-0.25, -0.2) is 9.78 Å². The van der Waals surface area contributed by atoms with Crippen molar-refractivity contribution >= 4 is 6.09 Å². The Morgan fingerprint density at radius 2 is 2.00 bits per heavy atom. The molecule has 5 heteroatoms. The molecule has 5 nitrogen and oxygen atoms in total. The first-order valence-electron chi connectivity index (χ1n) is 8.43. The third-order valence-corrected chi connectivity index (χ3v) is 4.01. The van der Waals surface area contributed by atoms with Gasteiger partial charge in [-0.2, -0.15) is 0 Å². The van der Waals surface area contributed by atoms with Crippen LogP contribution in [-0.2, 0) is 11.2 Å². The van der Waals surface area contributed by atoms with E-state index in [-0.39, 0.29) is 6.09 Å². The third kappa shape index (κ3) is 5.35.